The van der Waals surface area contributed by atoms with Crippen LogP contribution in [0.5, 0.6) is 0 Å². The third-order valence-electron chi connectivity index (χ3n) is 4.41. The van der Waals surface area contributed by atoms with Crippen molar-refractivity contribution >= 4 is 11.8 Å². The number of nitrogens with one attached hydrogen (secondary N) is 2. The third kappa shape index (κ3) is 3.51. The molecule has 120 valence electrons. The van der Waals surface area contributed by atoms with E-state index < -0.39 is 17.4 Å². The second-order valence-electron chi connectivity index (χ2n) is 6.01. The molecule has 2 rings (SSSR count). The summed E-state index contributed by atoms with van der Waals surface area (Å²) < 4.78 is 27.5. The van der Waals surface area contributed by atoms with Gasteiger partial charge in [0.25, 0.3) is 5.91 Å². The Morgan fingerprint density at radius 1 is 1.19 bits per heavy atom. The average Bonchev–Trinajstić information content (AvgIpc) is 2.88. The van der Waals surface area contributed by atoms with Gasteiger partial charge in [0.05, 0.1) is 0 Å². The number of rotatable bonds is 6. The standard InChI is InChI=1S/C14H22F2N2O3/c15-14(16,13(21)7-3-8-13)12(20)17-9-6-11(19)18-10-4-1-2-5-10/h10,21H,1-9H2,(H,17,20)(H,18,19). The van der Waals surface area contributed by atoms with Crippen molar-refractivity contribution in [1.82, 2.24) is 10.6 Å². The minimum Gasteiger partial charge on any atom is -0.383 e. The van der Waals surface area contributed by atoms with Crippen molar-refractivity contribution in [3.8, 4) is 0 Å². The van der Waals surface area contributed by atoms with Gasteiger partial charge < -0.3 is 15.7 Å². The van der Waals surface area contributed by atoms with E-state index in [0.29, 0.717) is 6.42 Å². The summed E-state index contributed by atoms with van der Waals surface area (Å²) in [5.41, 5.74) is -2.22. The van der Waals surface area contributed by atoms with Crippen LogP contribution in [0.4, 0.5) is 8.78 Å². The predicted octanol–water partition coefficient (Wildman–Crippen LogP) is 1.10. The number of halogens is 2. The molecule has 21 heavy (non-hydrogen) atoms. The van der Waals surface area contributed by atoms with Crippen LogP contribution in [0.1, 0.15) is 51.4 Å². The largest absolute Gasteiger partial charge is 0.383 e. The van der Waals surface area contributed by atoms with E-state index in [2.05, 4.69) is 5.32 Å². The molecule has 0 aromatic rings. The molecular weight excluding hydrogens is 282 g/mol. The molecule has 2 amide bonds. The van der Waals surface area contributed by atoms with Crippen LogP contribution in [-0.2, 0) is 9.59 Å². The highest BCUT2D eigenvalue weighted by atomic mass is 19.3. The molecule has 0 bridgehead atoms. The van der Waals surface area contributed by atoms with E-state index in [1.807, 2.05) is 5.32 Å². The van der Waals surface area contributed by atoms with Gasteiger partial charge in [0.15, 0.2) is 0 Å². The summed E-state index contributed by atoms with van der Waals surface area (Å²) in [4.78, 5) is 23.1. The Hall–Kier alpha value is -1.24. The lowest BCUT2D eigenvalue weighted by Crippen LogP contribution is -2.60. The monoisotopic (exact) mass is 304 g/mol. The summed E-state index contributed by atoms with van der Waals surface area (Å²) >= 11 is 0. The summed E-state index contributed by atoms with van der Waals surface area (Å²) in [7, 11) is 0. The number of aliphatic hydroxyl groups is 1. The van der Waals surface area contributed by atoms with Gasteiger partial charge in [-0.2, -0.15) is 8.78 Å². The maximum atomic E-state index is 13.7. The summed E-state index contributed by atoms with van der Waals surface area (Å²) in [6, 6.07) is 0.172. The number of carbonyl (C=O) groups excluding carboxylic acids is 2. The first-order valence-corrected chi connectivity index (χ1v) is 7.53. The number of hydrogen-bond acceptors (Lipinski definition) is 3. The third-order valence-corrected chi connectivity index (χ3v) is 4.41. The van der Waals surface area contributed by atoms with Crippen molar-refractivity contribution in [2.45, 2.75) is 68.9 Å². The first kappa shape index (κ1) is 16.1. The second kappa shape index (κ2) is 6.25. The highest BCUT2D eigenvalue weighted by molar-refractivity contribution is 5.85. The topological polar surface area (TPSA) is 78.4 Å². The molecule has 2 saturated carbocycles. The summed E-state index contributed by atoms with van der Waals surface area (Å²) in [6.45, 7) is -0.150. The minimum atomic E-state index is -3.80. The Balaban J connectivity index is 1.70. The van der Waals surface area contributed by atoms with E-state index in [1.165, 1.54) is 0 Å². The van der Waals surface area contributed by atoms with E-state index in [4.69, 9.17) is 0 Å². The van der Waals surface area contributed by atoms with E-state index in [0.717, 1.165) is 25.7 Å². The fourth-order valence-corrected chi connectivity index (χ4v) is 2.81. The van der Waals surface area contributed by atoms with Crippen LogP contribution in [0, 0.1) is 0 Å². The number of hydrogen-bond donors (Lipinski definition) is 3. The molecule has 0 aromatic carbocycles. The fraction of sp³-hybridized carbons (Fsp3) is 0.857. The quantitative estimate of drug-likeness (QED) is 0.687. The molecule has 0 radical (unpaired) electrons. The second-order valence-corrected chi connectivity index (χ2v) is 6.01. The molecule has 0 unspecified atom stereocenters. The Labute approximate surface area is 122 Å². The lowest BCUT2D eigenvalue weighted by molar-refractivity contribution is -0.215. The van der Waals surface area contributed by atoms with Gasteiger partial charge in [-0.25, -0.2) is 0 Å². The van der Waals surface area contributed by atoms with Gasteiger partial charge in [-0.05, 0) is 32.1 Å². The molecule has 0 heterocycles. The van der Waals surface area contributed by atoms with Crippen molar-refractivity contribution in [2.24, 2.45) is 0 Å². The Bertz CT molecular complexity index is 405. The molecule has 7 heteroatoms. The Kier molecular flexibility index (Phi) is 4.81. The smallest absolute Gasteiger partial charge is 0.352 e. The maximum absolute atomic E-state index is 13.7. The van der Waals surface area contributed by atoms with Gasteiger partial charge in [-0.1, -0.05) is 12.8 Å². The van der Waals surface area contributed by atoms with Gasteiger partial charge in [-0.3, -0.25) is 9.59 Å². The van der Waals surface area contributed by atoms with Crippen molar-refractivity contribution in [1.29, 1.82) is 0 Å². The van der Waals surface area contributed by atoms with Crippen LogP contribution in [0.2, 0.25) is 0 Å². The highest BCUT2D eigenvalue weighted by Crippen LogP contribution is 2.44. The lowest BCUT2D eigenvalue weighted by Gasteiger charge is -2.41. The maximum Gasteiger partial charge on any atom is 0.352 e. The van der Waals surface area contributed by atoms with Crippen LogP contribution in [0.15, 0.2) is 0 Å². The molecule has 0 saturated heterocycles. The molecule has 3 N–H and O–H groups in total. The summed E-state index contributed by atoms with van der Waals surface area (Å²) in [5, 5.41) is 14.5. The Morgan fingerprint density at radius 3 is 2.33 bits per heavy atom. The number of carbonyl (C=O) groups is 2. The molecule has 0 spiro atoms. The first-order chi connectivity index (χ1) is 9.85. The highest BCUT2D eigenvalue weighted by Gasteiger charge is 2.60. The Morgan fingerprint density at radius 2 is 1.81 bits per heavy atom. The van der Waals surface area contributed by atoms with Crippen LogP contribution in [0.3, 0.4) is 0 Å². The fourth-order valence-electron chi connectivity index (χ4n) is 2.81. The predicted molar refractivity (Wildman–Crippen MR) is 71.8 cm³/mol. The molecule has 2 aliphatic carbocycles. The zero-order chi connectivity index (χ0) is 15.5. The van der Waals surface area contributed by atoms with Gasteiger partial charge in [0, 0.05) is 19.0 Å². The molecule has 0 atom stereocenters. The molecule has 0 aliphatic heterocycles. The lowest BCUT2D eigenvalue weighted by atomic mass is 9.75. The van der Waals surface area contributed by atoms with Crippen LogP contribution >= 0.6 is 0 Å². The molecule has 2 fully saturated rings. The van der Waals surface area contributed by atoms with E-state index in [-0.39, 0.29) is 37.8 Å². The zero-order valence-electron chi connectivity index (χ0n) is 12.0. The summed E-state index contributed by atoms with van der Waals surface area (Å²) in [6.07, 6.45) is 4.39. The van der Waals surface area contributed by atoms with Gasteiger partial charge in [0.1, 0.15) is 5.60 Å². The SMILES string of the molecule is O=C(CCNC(=O)C(F)(F)C1(O)CCC1)NC1CCCC1. The van der Waals surface area contributed by atoms with Crippen molar-refractivity contribution in [3.63, 3.8) is 0 Å². The van der Waals surface area contributed by atoms with E-state index >= 15 is 0 Å². The number of amides is 2. The average molecular weight is 304 g/mol. The normalized spacial score (nSPS) is 21.7. The number of alkyl halides is 2. The van der Waals surface area contributed by atoms with Crippen molar-refractivity contribution in [3.05, 3.63) is 0 Å². The molecule has 0 aromatic heterocycles. The zero-order valence-corrected chi connectivity index (χ0v) is 12.0. The van der Waals surface area contributed by atoms with Gasteiger partial charge >= 0.3 is 5.92 Å². The minimum absolute atomic E-state index is 0.0310. The van der Waals surface area contributed by atoms with Gasteiger partial charge in [0.2, 0.25) is 5.91 Å². The van der Waals surface area contributed by atoms with E-state index in [1.54, 1.807) is 0 Å². The molecular formula is C14H22F2N2O3. The van der Waals surface area contributed by atoms with Crippen LogP contribution < -0.4 is 10.6 Å². The first-order valence-electron chi connectivity index (χ1n) is 7.53. The van der Waals surface area contributed by atoms with Crippen LogP contribution in [-0.4, -0.2) is 41.0 Å². The molecule has 5 nitrogen and oxygen atoms in total. The van der Waals surface area contributed by atoms with Gasteiger partial charge in [-0.15, -0.1) is 0 Å². The summed E-state index contributed by atoms with van der Waals surface area (Å²) in [5.74, 6) is -5.54. The van der Waals surface area contributed by atoms with Crippen molar-refractivity contribution in [2.75, 3.05) is 6.54 Å². The van der Waals surface area contributed by atoms with E-state index in [9.17, 15) is 23.5 Å². The van der Waals surface area contributed by atoms with Crippen LogP contribution in [0.25, 0.3) is 0 Å². The molecule has 2 aliphatic rings. The van der Waals surface area contributed by atoms with Crippen molar-refractivity contribution < 1.29 is 23.5 Å².